The molecule has 0 saturated carbocycles. The van der Waals surface area contributed by atoms with Crippen molar-refractivity contribution in [1.29, 1.82) is 0 Å². The fourth-order valence-corrected chi connectivity index (χ4v) is 1.55. The number of hydrogen-bond acceptors (Lipinski definition) is 2. The van der Waals surface area contributed by atoms with Gasteiger partial charge in [0.15, 0.2) is 5.58 Å². The van der Waals surface area contributed by atoms with Crippen LogP contribution < -0.4 is 0 Å². The third-order valence-corrected chi connectivity index (χ3v) is 2.10. The van der Waals surface area contributed by atoms with Gasteiger partial charge < -0.3 is 4.42 Å². The second-order valence-corrected chi connectivity index (χ2v) is 3.42. The molecule has 13 heavy (non-hydrogen) atoms. The van der Waals surface area contributed by atoms with Crippen LogP contribution in [-0.4, -0.2) is 4.98 Å². The molecule has 2 rings (SSSR count). The number of oxazole rings is 1. The summed E-state index contributed by atoms with van der Waals surface area (Å²) in [5, 5.41) is 0. The van der Waals surface area contributed by atoms with Crippen molar-refractivity contribution in [3.63, 3.8) is 0 Å². The van der Waals surface area contributed by atoms with Crippen LogP contribution in [0.4, 0.5) is 8.78 Å². The molecule has 0 amide bonds. The van der Waals surface area contributed by atoms with Crippen molar-refractivity contribution >= 4 is 33.7 Å². The van der Waals surface area contributed by atoms with Gasteiger partial charge >= 0.3 is 0 Å². The molecular formula is C8H4F2INO. The van der Waals surface area contributed by atoms with Gasteiger partial charge in [-0.05, 0) is 18.2 Å². The normalized spacial score (nSPS) is 11.4. The summed E-state index contributed by atoms with van der Waals surface area (Å²) in [6.07, 6.45) is -2.46. The zero-order chi connectivity index (χ0) is 9.42. The Morgan fingerprint density at radius 1 is 1.38 bits per heavy atom. The molecule has 0 atom stereocenters. The van der Waals surface area contributed by atoms with E-state index in [9.17, 15) is 8.78 Å². The van der Waals surface area contributed by atoms with Gasteiger partial charge in [0.25, 0.3) is 10.3 Å². The second kappa shape index (κ2) is 3.21. The molecule has 2 nitrogen and oxygen atoms in total. The summed E-state index contributed by atoms with van der Waals surface area (Å²) in [6, 6.07) is 4.19. The molecule has 0 aliphatic heterocycles. The maximum absolute atomic E-state index is 12.2. The minimum absolute atomic E-state index is 0.0304. The van der Waals surface area contributed by atoms with E-state index in [1.807, 2.05) is 22.6 Å². The Morgan fingerprint density at radius 3 is 2.85 bits per heavy atom. The average Bonchev–Trinajstić information content (AvgIpc) is 2.42. The Balaban J connectivity index is 2.61. The first-order valence-electron chi connectivity index (χ1n) is 3.51. The Kier molecular flexibility index (Phi) is 2.19. The lowest BCUT2D eigenvalue weighted by molar-refractivity contribution is 0.151. The third-order valence-electron chi connectivity index (χ3n) is 1.64. The first-order valence-corrected chi connectivity index (χ1v) is 4.59. The highest BCUT2D eigenvalue weighted by molar-refractivity contribution is 14.1. The van der Waals surface area contributed by atoms with E-state index in [1.54, 1.807) is 0 Å². The van der Waals surface area contributed by atoms with Crippen molar-refractivity contribution in [2.75, 3.05) is 0 Å². The summed E-state index contributed by atoms with van der Waals surface area (Å²) in [5.74, 6) is 0. The Hall–Kier alpha value is -0.720. The zero-order valence-corrected chi connectivity index (χ0v) is 8.46. The maximum atomic E-state index is 12.2. The van der Waals surface area contributed by atoms with Crippen LogP contribution in [0.1, 0.15) is 12.0 Å². The number of rotatable bonds is 1. The van der Waals surface area contributed by atoms with E-state index < -0.39 is 6.43 Å². The van der Waals surface area contributed by atoms with E-state index in [2.05, 4.69) is 4.98 Å². The van der Waals surface area contributed by atoms with E-state index in [1.165, 1.54) is 18.2 Å². The lowest BCUT2D eigenvalue weighted by atomic mass is 10.2. The minimum atomic E-state index is -2.46. The van der Waals surface area contributed by atoms with E-state index in [0.29, 0.717) is 15.0 Å². The minimum Gasteiger partial charge on any atom is -0.432 e. The smallest absolute Gasteiger partial charge is 0.263 e. The van der Waals surface area contributed by atoms with Crippen molar-refractivity contribution in [2.24, 2.45) is 0 Å². The van der Waals surface area contributed by atoms with Crippen LogP contribution in [0, 0.1) is 3.90 Å². The highest BCUT2D eigenvalue weighted by atomic mass is 127. The maximum Gasteiger partial charge on any atom is 0.263 e. The molecule has 0 bridgehead atoms. The van der Waals surface area contributed by atoms with Crippen molar-refractivity contribution in [2.45, 2.75) is 6.43 Å². The topological polar surface area (TPSA) is 26.0 Å². The van der Waals surface area contributed by atoms with Crippen LogP contribution in [0.15, 0.2) is 22.6 Å². The van der Waals surface area contributed by atoms with Crippen LogP contribution >= 0.6 is 22.6 Å². The second-order valence-electron chi connectivity index (χ2n) is 2.49. The van der Waals surface area contributed by atoms with Crippen molar-refractivity contribution in [3.8, 4) is 0 Å². The fourth-order valence-electron chi connectivity index (χ4n) is 1.05. The van der Waals surface area contributed by atoms with Crippen LogP contribution in [0.5, 0.6) is 0 Å². The molecule has 68 valence electrons. The molecular weight excluding hydrogens is 291 g/mol. The Labute approximate surface area is 86.1 Å². The van der Waals surface area contributed by atoms with Gasteiger partial charge in [0.05, 0.1) is 0 Å². The van der Waals surface area contributed by atoms with Gasteiger partial charge in [0.2, 0.25) is 0 Å². The summed E-state index contributed by atoms with van der Waals surface area (Å²) >= 11 is 1.90. The molecule has 0 radical (unpaired) electrons. The Morgan fingerprint density at radius 2 is 2.15 bits per heavy atom. The lowest BCUT2D eigenvalue weighted by Gasteiger charge is -1.96. The molecule has 5 heteroatoms. The standard InChI is InChI=1S/C8H4F2INO/c9-7(10)4-1-2-6-5(3-4)12-8(11)13-6/h1-3,7H. The van der Waals surface area contributed by atoms with Gasteiger partial charge in [-0.25, -0.2) is 13.8 Å². The number of aromatic nitrogens is 1. The molecule has 0 fully saturated rings. The quantitative estimate of drug-likeness (QED) is 0.754. The summed E-state index contributed by atoms with van der Waals surface area (Å²) in [7, 11) is 0. The molecule has 0 saturated heterocycles. The van der Waals surface area contributed by atoms with Gasteiger partial charge in [0.1, 0.15) is 5.52 Å². The Bertz CT molecular complexity index is 441. The summed E-state index contributed by atoms with van der Waals surface area (Å²) in [4.78, 5) is 3.94. The third kappa shape index (κ3) is 1.65. The zero-order valence-electron chi connectivity index (χ0n) is 6.30. The largest absolute Gasteiger partial charge is 0.432 e. The van der Waals surface area contributed by atoms with Crippen LogP contribution in [0.3, 0.4) is 0 Å². The number of hydrogen-bond donors (Lipinski definition) is 0. The summed E-state index contributed by atoms with van der Waals surface area (Å²) in [5.41, 5.74) is 0.980. The molecule has 0 N–H and O–H groups in total. The van der Waals surface area contributed by atoms with Crippen molar-refractivity contribution in [3.05, 3.63) is 27.7 Å². The number of fused-ring (bicyclic) bond motifs is 1. The van der Waals surface area contributed by atoms with Crippen molar-refractivity contribution < 1.29 is 13.2 Å². The van der Waals surface area contributed by atoms with E-state index in [-0.39, 0.29) is 5.56 Å². The number of halogens is 3. The predicted molar refractivity (Wildman–Crippen MR) is 51.7 cm³/mol. The van der Waals surface area contributed by atoms with Crippen LogP contribution in [-0.2, 0) is 0 Å². The number of alkyl halides is 2. The molecule has 0 spiro atoms. The first kappa shape index (κ1) is 8.86. The SMILES string of the molecule is FC(F)c1ccc2oc(I)nc2c1. The van der Waals surface area contributed by atoms with Gasteiger partial charge in [-0.15, -0.1) is 0 Å². The van der Waals surface area contributed by atoms with Crippen molar-refractivity contribution in [1.82, 2.24) is 4.98 Å². The fraction of sp³-hybridized carbons (Fsp3) is 0.125. The molecule has 0 aliphatic carbocycles. The van der Waals surface area contributed by atoms with Gasteiger partial charge in [-0.3, -0.25) is 0 Å². The molecule has 2 aromatic rings. The highest BCUT2D eigenvalue weighted by Crippen LogP contribution is 2.24. The van der Waals surface area contributed by atoms with E-state index in [0.717, 1.165) is 0 Å². The molecule has 1 aromatic heterocycles. The molecule has 1 heterocycles. The predicted octanol–water partition coefficient (Wildman–Crippen LogP) is 3.37. The van der Waals surface area contributed by atoms with E-state index >= 15 is 0 Å². The van der Waals surface area contributed by atoms with Crippen LogP contribution in [0.25, 0.3) is 11.1 Å². The van der Waals surface area contributed by atoms with E-state index in [4.69, 9.17) is 4.42 Å². The lowest BCUT2D eigenvalue weighted by Crippen LogP contribution is -1.82. The van der Waals surface area contributed by atoms with Gasteiger partial charge in [-0.2, -0.15) is 0 Å². The molecule has 0 unspecified atom stereocenters. The number of benzene rings is 1. The summed E-state index contributed by atoms with van der Waals surface area (Å²) < 4.78 is 30.1. The number of nitrogens with zero attached hydrogens (tertiary/aromatic N) is 1. The highest BCUT2D eigenvalue weighted by Gasteiger charge is 2.09. The van der Waals surface area contributed by atoms with Crippen LogP contribution in [0.2, 0.25) is 0 Å². The average molecular weight is 295 g/mol. The first-order chi connectivity index (χ1) is 6.16. The van der Waals surface area contributed by atoms with Gasteiger partial charge in [-0.1, -0.05) is 0 Å². The van der Waals surface area contributed by atoms with Gasteiger partial charge in [0, 0.05) is 28.2 Å². The molecule has 0 aliphatic rings. The molecule has 1 aromatic carbocycles. The monoisotopic (exact) mass is 295 g/mol. The summed E-state index contributed by atoms with van der Waals surface area (Å²) in [6.45, 7) is 0.